The maximum Gasteiger partial charge on any atom is 0.188 e. The Labute approximate surface area is 179 Å². The maximum atomic E-state index is 5.94. The van der Waals surface area contributed by atoms with E-state index in [9.17, 15) is 0 Å². The minimum atomic E-state index is 0. The number of aliphatic imine (C=N–C) groups is 1. The molecule has 0 radical (unpaired) electrons. The van der Waals surface area contributed by atoms with Gasteiger partial charge in [0, 0.05) is 13.1 Å². The molecule has 2 aromatic rings. The fourth-order valence-electron chi connectivity index (χ4n) is 2.67. The number of ether oxygens (including phenoxy) is 2. The second kappa shape index (κ2) is 12.4. The third-order valence-electron chi connectivity index (χ3n) is 4.28. The molecule has 0 saturated carbocycles. The lowest BCUT2D eigenvalue weighted by Crippen LogP contribution is -2.33. The number of nitrogens with two attached hydrogens (primary N) is 1. The Morgan fingerprint density at radius 2 is 1.56 bits per heavy atom. The Kier molecular flexibility index (Phi) is 10.6. The van der Waals surface area contributed by atoms with Gasteiger partial charge in [-0.25, -0.2) is 0 Å². The third-order valence-corrected chi connectivity index (χ3v) is 4.28. The first kappa shape index (κ1) is 23.1. The van der Waals surface area contributed by atoms with E-state index in [0.717, 1.165) is 42.9 Å². The van der Waals surface area contributed by atoms with Gasteiger partial charge >= 0.3 is 0 Å². The van der Waals surface area contributed by atoms with Crippen LogP contribution in [0.4, 0.5) is 0 Å². The molecule has 0 atom stereocenters. The zero-order valence-corrected chi connectivity index (χ0v) is 18.7. The van der Waals surface area contributed by atoms with Gasteiger partial charge in [0.25, 0.3) is 0 Å². The molecule has 0 saturated heterocycles. The van der Waals surface area contributed by atoms with E-state index in [2.05, 4.69) is 41.5 Å². The van der Waals surface area contributed by atoms with Gasteiger partial charge in [-0.3, -0.25) is 4.99 Å². The van der Waals surface area contributed by atoms with Crippen LogP contribution in [0.2, 0.25) is 0 Å². The zero-order chi connectivity index (χ0) is 18.8. The van der Waals surface area contributed by atoms with Crippen LogP contribution in [0.15, 0.2) is 47.5 Å². The largest absolute Gasteiger partial charge is 0.493 e. The van der Waals surface area contributed by atoms with Crippen LogP contribution in [-0.4, -0.2) is 33.3 Å². The zero-order valence-electron chi connectivity index (χ0n) is 16.3. The number of nitrogens with zero attached hydrogens (tertiary/aromatic N) is 1. The molecule has 0 aliphatic rings. The van der Waals surface area contributed by atoms with Crippen molar-refractivity contribution in [2.75, 3.05) is 27.3 Å². The van der Waals surface area contributed by atoms with Crippen molar-refractivity contribution in [3.8, 4) is 11.5 Å². The second-order valence-corrected chi connectivity index (χ2v) is 6.05. The summed E-state index contributed by atoms with van der Waals surface area (Å²) in [6.45, 7) is 3.56. The van der Waals surface area contributed by atoms with E-state index in [1.54, 1.807) is 14.2 Å². The lowest BCUT2D eigenvalue weighted by atomic mass is 10.1. The standard InChI is InChI=1S/C21H29N3O2.HI/c1-4-16-5-7-17(8-6-16)11-13-23-21(22)24-14-12-18-9-10-19(25-2)20(15-18)26-3;/h5-10,15H,4,11-14H2,1-3H3,(H3,22,23,24);1H. The second-order valence-electron chi connectivity index (χ2n) is 6.05. The van der Waals surface area contributed by atoms with Crippen molar-refractivity contribution in [1.82, 2.24) is 5.32 Å². The highest BCUT2D eigenvalue weighted by atomic mass is 127. The first-order chi connectivity index (χ1) is 12.7. The number of benzene rings is 2. The molecule has 27 heavy (non-hydrogen) atoms. The number of hydrogen-bond acceptors (Lipinski definition) is 3. The first-order valence-corrected chi connectivity index (χ1v) is 8.98. The molecule has 0 amide bonds. The summed E-state index contributed by atoms with van der Waals surface area (Å²) in [7, 11) is 3.27. The molecule has 2 aromatic carbocycles. The number of guanidine groups is 1. The van der Waals surface area contributed by atoms with Crippen molar-refractivity contribution in [3.05, 3.63) is 59.2 Å². The summed E-state index contributed by atoms with van der Waals surface area (Å²) in [5, 5.41) is 3.16. The van der Waals surface area contributed by atoms with Crippen LogP contribution in [0.5, 0.6) is 11.5 Å². The average Bonchev–Trinajstić information content (AvgIpc) is 2.68. The summed E-state index contributed by atoms with van der Waals surface area (Å²) in [6, 6.07) is 14.6. The Morgan fingerprint density at radius 1 is 0.926 bits per heavy atom. The minimum Gasteiger partial charge on any atom is -0.493 e. The van der Waals surface area contributed by atoms with Crippen LogP contribution < -0.4 is 20.5 Å². The molecule has 148 valence electrons. The van der Waals surface area contributed by atoms with Crippen LogP contribution >= 0.6 is 24.0 Å². The normalized spacial score (nSPS) is 10.9. The molecule has 0 aliphatic carbocycles. The van der Waals surface area contributed by atoms with Crippen molar-refractivity contribution in [1.29, 1.82) is 0 Å². The van der Waals surface area contributed by atoms with Gasteiger partial charge in [-0.15, -0.1) is 24.0 Å². The molecule has 0 fully saturated rings. The van der Waals surface area contributed by atoms with Gasteiger partial charge in [-0.2, -0.15) is 0 Å². The van der Waals surface area contributed by atoms with Crippen LogP contribution in [0.3, 0.4) is 0 Å². The summed E-state index contributed by atoms with van der Waals surface area (Å²) < 4.78 is 10.6. The Balaban J connectivity index is 0.00000364. The van der Waals surface area contributed by atoms with Crippen LogP contribution in [-0.2, 0) is 19.3 Å². The first-order valence-electron chi connectivity index (χ1n) is 8.98. The van der Waals surface area contributed by atoms with Crippen molar-refractivity contribution in [2.45, 2.75) is 26.2 Å². The van der Waals surface area contributed by atoms with Gasteiger partial charge in [0.1, 0.15) is 0 Å². The van der Waals surface area contributed by atoms with E-state index < -0.39 is 0 Å². The maximum absolute atomic E-state index is 5.94. The molecule has 0 aromatic heterocycles. The fourth-order valence-corrected chi connectivity index (χ4v) is 2.67. The summed E-state index contributed by atoms with van der Waals surface area (Å²) in [6.07, 6.45) is 2.78. The number of aryl methyl sites for hydroxylation is 1. The van der Waals surface area contributed by atoms with E-state index in [1.165, 1.54) is 11.1 Å². The van der Waals surface area contributed by atoms with Gasteiger partial charge in [0.2, 0.25) is 0 Å². The Bertz CT molecular complexity index is 718. The van der Waals surface area contributed by atoms with Gasteiger partial charge in [0.15, 0.2) is 17.5 Å². The highest BCUT2D eigenvalue weighted by molar-refractivity contribution is 14.0. The van der Waals surface area contributed by atoms with E-state index in [4.69, 9.17) is 15.2 Å². The SMILES string of the molecule is CCc1ccc(CCN=C(N)NCCc2ccc(OC)c(OC)c2)cc1.I. The molecule has 0 bridgehead atoms. The fraction of sp³-hybridized carbons (Fsp3) is 0.381. The molecule has 6 heteroatoms. The molecule has 0 aliphatic heterocycles. The van der Waals surface area contributed by atoms with Gasteiger partial charge in [-0.1, -0.05) is 37.3 Å². The Hall–Kier alpha value is -1.96. The van der Waals surface area contributed by atoms with Crippen molar-refractivity contribution in [3.63, 3.8) is 0 Å². The number of hydrogen-bond donors (Lipinski definition) is 2. The van der Waals surface area contributed by atoms with E-state index >= 15 is 0 Å². The number of nitrogens with one attached hydrogen (secondary N) is 1. The smallest absolute Gasteiger partial charge is 0.188 e. The summed E-state index contributed by atoms with van der Waals surface area (Å²) >= 11 is 0. The molecule has 0 unspecified atom stereocenters. The molecule has 0 heterocycles. The van der Waals surface area contributed by atoms with Crippen molar-refractivity contribution < 1.29 is 9.47 Å². The quantitative estimate of drug-likeness (QED) is 0.325. The van der Waals surface area contributed by atoms with Gasteiger partial charge in [-0.05, 0) is 48.1 Å². The van der Waals surface area contributed by atoms with Crippen LogP contribution in [0, 0.1) is 0 Å². The highest BCUT2D eigenvalue weighted by Gasteiger charge is 2.04. The van der Waals surface area contributed by atoms with E-state index in [0.29, 0.717) is 12.5 Å². The average molecular weight is 483 g/mol. The van der Waals surface area contributed by atoms with Gasteiger partial charge < -0.3 is 20.5 Å². The summed E-state index contributed by atoms with van der Waals surface area (Å²) in [5.74, 6) is 1.95. The molecule has 2 rings (SSSR count). The predicted molar refractivity (Wildman–Crippen MR) is 123 cm³/mol. The number of methoxy groups -OCH3 is 2. The number of halogens is 1. The molecule has 5 nitrogen and oxygen atoms in total. The van der Waals surface area contributed by atoms with Crippen molar-refractivity contribution in [2.24, 2.45) is 10.7 Å². The molecular formula is C21H30IN3O2. The number of rotatable bonds is 9. The van der Waals surface area contributed by atoms with Gasteiger partial charge in [0.05, 0.1) is 14.2 Å². The van der Waals surface area contributed by atoms with Crippen molar-refractivity contribution >= 4 is 29.9 Å². The van der Waals surface area contributed by atoms with Crippen LogP contribution in [0.1, 0.15) is 23.6 Å². The monoisotopic (exact) mass is 483 g/mol. The van der Waals surface area contributed by atoms with Crippen LogP contribution in [0.25, 0.3) is 0 Å². The van der Waals surface area contributed by atoms with E-state index in [1.807, 2.05) is 18.2 Å². The molecule has 3 N–H and O–H groups in total. The topological polar surface area (TPSA) is 68.9 Å². The lowest BCUT2D eigenvalue weighted by Gasteiger charge is -2.10. The predicted octanol–water partition coefficient (Wildman–Crippen LogP) is 3.57. The molecular weight excluding hydrogens is 453 g/mol. The summed E-state index contributed by atoms with van der Waals surface area (Å²) in [4.78, 5) is 4.39. The summed E-state index contributed by atoms with van der Waals surface area (Å²) in [5.41, 5.74) is 9.73. The minimum absolute atomic E-state index is 0. The van der Waals surface area contributed by atoms with E-state index in [-0.39, 0.29) is 24.0 Å². The lowest BCUT2D eigenvalue weighted by molar-refractivity contribution is 0.354. The molecule has 0 spiro atoms. The third kappa shape index (κ3) is 7.66. The highest BCUT2D eigenvalue weighted by Crippen LogP contribution is 2.27. The Morgan fingerprint density at radius 3 is 2.19 bits per heavy atom.